The number of anilines is 3. The van der Waals surface area contributed by atoms with Gasteiger partial charge in [0, 0.05) is 72.5 Å². The number of pyridine rings is 2. The third-order valence-corrected chi connectivity index (χ3v) is 10.2. The molecule has 4 aromatic heterocycles. The van der Waals surface area contributed by atoms with Crippen molar-refractivity contribution in [1.29, 1.82) is 0 Å². The molecule has 45 heavy (non-hydrogen) atoms. The second kappa shape index (κ2) is 9.36. The molecule has 5 heterocycles. The summed E-state index contributed by atoms with van der Waals surface area (Å²) in [5.41, 5.74) is 11.4. The Hall–Kier alpha value is -5.78. The normalized spacial score (nSPS) is 12.4. The maximum Gasteiger partial charge on any atom is 0.0783 e. The van der Waals surface area contributed by atoms with Gasteiger partial charge in [-0.25, -0.2) is 0 Å². The van der Waals surface area contributed by atoms with Gasteiger partial charge in [0.15, 0.2) is 0 Å². The van der Waals surface area contributed by atoms with Gasteiger partial charge in [0.25, 0.3) is 0 Å². The number of nitrogens with zero attached hydrogens (tertiary/aromatic N) is 4. The highest BCUT2D eigenvalue weighted by atomic mass is 32.1. The number of hydrogen-bond acceptors (Lipinski definition) is 4. The van der Waals surface area contributed by atoms with Crippen molar-refractivity contribution in [3.05, 3.63) is 146 Å². The lowest BCUT2D eigenvalue weighted by Gasteiger charge is -2.33. The molecule has 0 saturated heterocycles. The highest BCUT2D eigenvalue weighted by molar-refractivity contribution is 7.26. The summed E-state index contributed by atoms with van der Waals surface area (Å²) in [5.74, 6) is 0. The average molecular weight is 593 g/mol. The summed E-state index contributed by atoms with van der Waals surface area (Å²) in [6.45, 7) is 0. The molecule has 0 spiro atoms. The van der Waals surface area contributed by atoms with Gasteiger partial charge < -0.3 is 9.47 Å². The van der Waals surface area contributed by atoms with Crippen LogP contribution in [0, 0.1) is 0 Å². The van der Waals surface area contributed by atoms with Crippen molar-refractivity contribution in [3.63, 3.8) is 0 Å². The summed E-state index contributed by atoms with van der Waals surface area (Å²) in [6.07, 6.45) is 7.52. The molecule has 0 fully saturated rings. The highest BCUT2D eigenvalue weighted by Gasteiger charge is 2.29. The Morgan fingerprint density at radius 1 is 0.489 bits per heavy atom. The van der Waals surface area contributed by atoms with Crippen LogP contribution in [0.15, 0.2) is 146 Å². The summed E-state index contributed by atoms with van der Waals surface area (Å²) < 4.78 is 5.12. The van der Waals surface area contributed by atoms with E-state index in [0.717, 1.165) is 39.3 Å². The molecule has 9 aromatic rings. The Labute approximate surface area is 263 Å². The maximum atomic E-state index is 4.44. The zero-order valence-corrected chi connectivity index (χ0v) is 24.9. The number of thiophene rings is 1. The van der Waals surface area contributed by atoms with Crippen LogP contribution in [0.4, 0.5) is 17.1 Å². The third-order valence-electron chi connectivity index (χ3n) is 9.04. The fourth-order valence-electron chi connectivity index (χ4n) is 7.17. The molecule has 1 aliphatic heterocycles. The monoisotopic (exact) mass is 592 g/mol. The van der Waals surface area contributed by atoms with E-state index in [-0.39, 0.29) is 0 Å². The van der Waals surface area contributed by atoms with Crippen LogP contribution in [0.1, 0.15) is 0 Å². The molecule has 0 atom stereocenters. The van der Waals surface area contributed by atoms with Gasteiger partial charge in [-0.2, -0.15) is 0 Å². The van der Waals surface area contributed by atoms with Crippen molar-refractivity contribution in [3.8, 4) is 27.9 Å². The summed E-state index contributed by atoms with van der Waals surface area (Å²) >= 11 is 1.87. The molecule has 0 bridgehead atoms. The van der Waals surface area contributed by atoms with Crippen LogP contribution in [0.3, 0.4) is 0 Å². The van der Waals surface area contributed by atoms with Crippen molar-refractivity contribution >= 4 is 70.4 Å². The molecule has 0 amide bonds. The predicted molar refractivity (Wildman–Crippen MR) is 188 cm³/mol. The van der Waals surface area contributed by atoms with Crippen molar-refractivity contribution < 1.29 is 0 Å². The van der Waals surface area contributed by atoms with Crippen LogP contribution < -0.4 is 4.90 Å². The molecule has 0 aliphatic carbocycles. The summed E-state index contributed by atoms with van der Waals surface area (Å²) in [5, 5.41) is 5.25. The van der Waals surface area contributed by atoms with Crippen LogP contribution in [0.25, 0.3) is 69.9 Å². The minimum atomic E-state index is 1.08. The number of aromatic nitrogens is 3. The largest absolute Gasteiger partial charge is 0.306 e. The first-order valence-corrected chi connectivity index (χ1v) is 15.9. The lowest BCUT2D eigenvalue weighted by atomic mass is 9.98. The Kier molecular flexibility index (Phi) is 5.12. The van der Waals surface area contributed by atoms with Gasteiger partial charge in [0.2, 0.25) is 0 Å². The van der Waals surface area contributed by atoms with E-state index in [4.69, 9.17) is 0 Å². The van der Waals surface area contributed by atoms with Gasteiger partial charge in [-0.1, -0.05) is 54.6 Å². The molecule has 1 aliphatic rings. The summed E-state index contributed by atoms with van der Waals surface area (Å²) in [6, 6.07) is 44.0. The number of benzene rings is 5. The molecule has 5 heteroatoms. The number of hydrogen-bond donors (Lipinski definition) is 0. The minimum absolute atomic E-state index is 1.08. The number of rotatable bonds is 3. The molecular formula is C40H24N4S. The lowest BCUT2D eigenvalue weighted by molar-refractivity contribution is 1.11. The molecule has 10 rings (SSSR count). The Balaban J connectivity index is 1.32. The first-order chi connectivity index (χ1) is 22.3. The summed E-state index contributed by atoms with van der Waals surface area (Å²) in [7, 11) is 0. The topological polar surface area (TPSA) is 34.0 Å². The molecule has 0 radical (unpaired) electrons. The van der Waals surface area contributed by atoms with Crippen molar-refractivity contribution in [2.45, 2.75) is 0 Å². The molecule has 0 unspecified atom stereocenters. The Morgan fingerprint density at radius 3 is 1.93 bits per heavy atom. The molecule has 0 N–H and O–H groups in total. The predicted octanol–water partition coefficient (Wildman–Crippen LogP) is 11.1. The number of para-hydroxylation sites is 3. The van der Waals surface area contributed by atoms with Crippen LogP contribution in [-0.4, -0.2) is 14.5 Å². The van der Waals surface area contributed by atoms with Crippen molar-refractivity contribution in [2.24, 2.45) is 0 Å². The average Bonchev–Trinajstić information content (AvgIpc) is 3.66. The fraction of sp³-hybridized carbons (Fsp3) is 0. The SMILES string of the molecule is c1cncc(-c2cc(-c3cccnc3)cc(N3c4ccccc4-n4c5ccc6sc7ccccc7c6c5c5cccc3c54)c2)c1. The molecular weight excluding hydrogens is 569 g/mol. The highest BCUT2D eigenvalue weighted by Crippen LogP contribution is 2.52. The molecule has 4 nitrogen and oxygen atoms in total. The van der Waals surface area contributed by atoms with Gasteiger partial charge in [0.1, 0.15) is 0 Å². The third kappa shape index (κ3) is 3.53. The van der Waals surface area contributed by atoms with Gasteiger partial charge in [-0.3, -0.25) is 9.97 Å². The van der Waals surface area contributed by atoms with E-state index < -0.39 is 0 Å². The van der Waals surface area contributed by atoms with Crippen molar-refractivity contribution in [1.82, 2.24) is 14.5 Å². The van der Waals surface area contributed by atoms with Gasteiger partial charge in [-0.15, -0.1) is 11.3 Å². The van der Waals surface area contributed by atoms with Gasteiger partial charge in [0.05, 0.1) is 28.1 Å². The molecule has 5 aromatic carbocycles. The molecule has 0 saturated carbocycles. The quantitative estimate of drug-likeness (QED) is 0.205. The fourth-order valence-corrected chi connectivity index (χ4v) is 8.29. The van der Waals surface area contributed by atoms with E-state index in [1.165, 1.54) is 47.7 Å². The Morgan fingerprint density at radius 2 is 1.18 bits per heavy atom. The zero-order valence-electron chi connectivity index (χ0n) is 24.1. The first kappa shape index (κ1) is 24.6. The van der Waals surface area contributed by atoms with E-state index in [1.807, 2.05) is 48.3 Å². The van der Waals surface area contributed by atoms with Gasteiger partial charge in [-0.05, 0) is 77.9 Å². The summed E-state index contributed by atoms with van der Waals surface area (Å²) in [4.78, 5) is 11.3. The second-order valence-electron chi connectivity index (χ2n) is 11.5. The van der Waals surface area contributed by atoms with E-state index in [1.54, 1.807) is 0 Å². The van der Waals surface area contributed by atoms with Gasteiger partial charge >= 0.3 is 0 Å². The van der Waals surface area contributed by atoms with Crippen LogP contribution in [0.5, 0.6) is 0 Å². The lowest BCUT2D eigenvalue weighted by Crippen LogP contribution is -2.18. The van der Waals surface area contributed by atoms with E-state index in [0.29, 0.717) is 0 Å². The molecule has 210 valence electrons. The standard InChI is InChI=1S/C40H24N4S/c1-4-15-36-30(10-1)39-37(45-36)17-16-34-38(39)31-11-5-14-35-40(31)44(34)33-13-3-2-12-32(33)43(35)29-21-27(25-8-6-18-41-23-25)20-28(22-29)26-9-7-19-42-24-26/h1-24H. The minimum Gasteiger partial charge on any atom is -0.306 e. The number of fused-ring (bicyclic) bond motifs is 9. The van der Waals surface area contributed by atoms with E-state index in [2.05, 4.69) is 129 Å². The van der Waals surface area contributed by atoms with Crippen molar-refractivity contribution in [2.75, 3.05) is 4.90 Å². The zero-order chi connectivity index (χ0) is 29.5. The van der Waals surface area contributed by atoms with Crippen LogP contribution in [-0.2, 0) is 0 Å². The smallest absolute Gasteiger partial charge is 0.0783 e. The van der Waals surface area contributed by atoms with E-state index >= 15 is 0 Å². The first-order valence-electron chi connectivity index (χ1n) is 15.1. The maximum absolute atomic E-state index is 4.44. The Bertz CT molecular complexity index is 2540. The van der Waals surface area contributed by atoms with E-state index in [9.17, 15) is 0 Å². The van der Waals surface area contributed by atoms with Crippen LogP contribution in [0.2, 0.25) is 0 Å². The second-order valence-corrected chi connectivity index (χ2v) is 12.6. The van der Waals surface area contributed by atoms with Crippen LogP contribution >= 0.6 is 11.3 Å².